The van der Waals surface area contributed by atoms with Gasteiger partial charge in [-0.05, 0) is 60.3 Å². The number of carbonyl (C=O) groups is 1. The highest BCUT2D eigenvalue weighted by Gasteiger charge is 2.37. The lowest BCUT2D eigenvalue weighted by Gasteiger charge is -2.31. The summed E-state index contributed by atoms with van der Waals surface area (Å²) in [6.07, 6.45) is 1.73. The molecule has 1 aliphatic heterocycles. The molecular formula is C14H18BrNO5S. The number of ether oxygens (including phenoxy) is 1. The summed E-state index contributed by atoms with van der Waals surface area (Å²) >= 11 is 3.28. The van der Waals surface area contributed by atoms with Crippen LogP contribution in [0.4, 0.5) is 0 Å². The van der Waals surface area contributed by atoms with Crippen LogP contribution in [0.5, 0.6) is 5.75 Å². The Bertz CT molecular complexity index is 661. The second-order valence-corrected chi connectivity index (χ2v) is 7.74. The fourth-order valence-electron chi connectivity index (χ4n) is 2.49. The molecule has 0 bridgehead atoms. The van der Waals surface area contributed by atoms with E-state index < -0.39 is 22.0 Å². The summed E-state index contributed by atoms with van der Waals surface area (Å²) in [7, 11) is -3.84. The van der Waals surface area contributed by atoms with Crippen LogP contribution in [0.3, 0.4) is 0 Å². The highest BCUT2D eigenvalue weighted by atomic mass is 79.9. The molecule has 0 saturated carbocycles. The van der Waals surface area contributed by atoms with Gasteiger partial charge < -0.3 is 9.84 Å². The first-order chi connectivity index (χ1) is 10.4. The minimum Gasteiger partial charge on any atom is -0.493 e. The second-order valence-electron chi connectivity index (χ2n) is 4.99. The van der Waals surface area contributed by atoms with Crippen LogP contribution in [0.25, 0.3) is 0 Å². The number of piperidine rings is 1. The normalized spacial score (nSPS) is 19.8. The van der Waals surface area contributed by atoms with Gasteiger partial charge in [0, 0.05) is 6.54 Å². The second kappa shape index (κ2) is 6.97. The number of rotatable bonds is 5. The van der Waals surface area contributed by atoms with E-state index >= 15 is 0 Å². The smallest absolute Gasteiger partial charge is 0.322 e. The molecule has 0 spiro atoms. The lowest BCUT2D eigenvalue weighted by Crippen LogP contribution is -2.47. The molecule has 1 heterocycles. The number of hydrogen-bond acceptors (Lipinski definition) is 4. The molecule has 6 nitrogen and oxygen atoms in total. The Morgan fingerprint density at radius 2 is 2.18 bits per heavy atom. The molecule has 1 unspecified atom stereocenters. The average molecular weight is 392 g/mol. The van der Waals surface area contributed by atoms with Gasteiger partial charge in [0.25, 0.3) is 0 Å². The molecule has 0 aliphatic carbocycles. The minimum absolute atomic E-state index is 0.0657. The Kier molecular flexibility index (Phi) is 5.46. The van der Waals surface area contributed by atoms with Gasteiger partial charge in [-0.3, -0.25) is 4.79 Å². The molecule has 1 N–H and O–H groups in total. The number of carboxylic acid groups (broad SMARTS) is 1. The van der Waals surface area contributed by atoms with E-state index in [0.717, 1.165) is 10.7 Å². The van der Waals surface area contributed by atoms with E-state index in [1.54, 1.807) is 6.07 Å². The van der Waals surface area contributed by atoms with E-state index in [1.807, 2.05) is 6.92 Å². The third-order valence-corrected chi connectivity index (χ3v) is 6.07. The Hall–Kier alpha value is -1.12. The van der Waals surface area contributed by atoms with Crippen LogP contribution < -0.4 is 4.74 Å². The molecule has 22 heavy (non-hydrogen) atoms. The molecule has 0 aromatic heterocycles. The zero-order valence-electron chi connectivity index (χ0n) is 12.2. The number of benzene rings is 1. The van der Waals surface area contributed by atoms with E-state index in [4.69, 9.17) is 4.74 Å². The molecule has 0 radical (unpaired) electrons. The van der Waals surface area contributed by atoms with Crippen LogP contribution in [0.15, 0.2) is 27.6 Å². The maximum absolute atomic E-state index is 12.7. The van der Waals surface area contributed by atoms with Crippen molar-refractivity contribution >= 4 is 31.9 Å². The van der Waals surface area contributed by atoms with E-state index in [0.29, 0.717) is 29.7 Å². The third kappa shape index (κ3) is 3.44. The topological polar surface area (TPSA) is 83.9 Å². The van der Waals surface area contributed by atoms with E-state index in [2.05, 4.69) is 15.9 Å². The van der Waals surface area contributed by atoms with Gasteiger partial charge in [-0.25, -0.2) is 8.42 Å². The molecule has 1 atom stereocenters. The predicted molar refractivity (Wildman–Crippen MR) is 84.5 cm³/mol. The van der Waals surface area contributed by atoms with Crippen LogP contribution in [0.2, 0.25) is 0 Å². The van der Waals surface area contributed by atoms with Crippen LogP contribution >= 0.6 is 15.9 Å². The highest BCUT2D eigenvalue weighted by molar-refractivity contribution is 9.10. The van der Waals surface area contributed by atoms with Crippen molar-refractivity contribution < 1.29 is 23.1 Å². The zero-order chi connectivity index (χ0) is 16.3. The number of carboxylic acids is 1. The van der Waals surface area contributed by atoms with Gasteiger partial charge in [-0.1, -0.05) is 0 Å². The van der Waals surface area contributed by atoms with Crippen LogP contribution in [-0.4, -0.2) is 43.0 Å². The Labute approximate surface area is 138 Å². The summed E-state index contributed by atoms with van der Waals surface area (Å²) in [4.78, 5) is 11.4. The molecule has 1 aromatic carbocycles. The molecule has 1 saturated heterocycles. The quantitative estimate of drug-likeness (QED) is 0.833. The van der Waals surface area contributed by atoms with Crippen molar-refractivity contribution in [1.29, 1.82) is 0 Å². The van der Waals surface area contributed by atoms with Crippen molar-refractivity contribution in [3.63, 3.8) is 0 Å². The van der Waals surface area contributed by atoms with E-state index in [9.17, 15) is 18.3 Å². The van der Waals surface area contributed by atoms with E-state index in [1.165, 1.54) is 12.1 Å². The summed E-state index contributed by atoms with van der Waals surface area (Å²) < 4.78 is 32.4. The number of halogens is 1. The number of aliphatic carboxylic acids is 1. The number of nitrogens with zero attached hydrogens (tertiary/aromatic N) is 1. The minimum atomic E-state index is -3.84. The van der Waals surface area contributed by atoms with Crippen molar-refractivity contribution in [2.75, 3.05) is 13.2 Å². The van der Waals surface area contributed by atoms with Gasteiger partial charge in [-0.15, -0.1) is 0 Å². The number of sulfonamides is 1. The van der Waals surface area contributed by atoms with Gasteiger partial charge in [0.2, 0.25) is 10.0 Å². The molecule has 122 valence electrons. The first-order valence-electron chi connectivity index (χ1n) is 7.05. The molecule has 2 rings (SSSR count). The largest absolute Gasteiger partial charge is 0.493 e. The summed E-state index contributed by atoms with van der Waals surface area (Å²) in [5.74, 6) is -0.553. The lowest BCUT2D eigenvalue weighted by atomic mass is 10.1. The zero-order valence-corrected chi connectivity index (χ0v) is 14.6. The molecule has 0 amide bonds. The van der Waals surface area contributed by atoms with Gasteiger partial charge in [0.1, 0.15) is 11.8 Å². The molecule has 8 heteroatoms. The summed E-state index contributed by atoms with van der Waals surface area (Å²) in [5, 5.41) is 9.25. The van der Waals surface area contributed by atoms with Crippen molar-refractivity contribution in [2.45, 2.75) is 37.1 Å². The van der Waals surface area contributed by atoms with Crippen molar-refractivity contribution in [3.8, 4) is 5.75 Å². The fourth-order valence-corrected chi connectivity index (χ4v) is 4.81. The van der Waals surface area contributed by atoms with E-state index in [-0.39, 0.29) is 11.4 Å². The van der Waals surface area contributed by atoms with Crippen molar-refractivity contribution in [2.24, 2.45) is 0 Å². The highest BCUT2D eigenvalue weighted by Crippen LogP contribution is 2.31. The fraction of sp³-hybridized carbons (Fsp3) is 0.500. The summed E-state index contributed by atoms with van der Waals surface area (Å²) in [6.45, 7) is 2.53. The van der Waals surface area contributed by atoms with Crippen molar-refractivity contribution in [1.82, 2.24) is 4.31 Å². The van der Waals surface area contributed by atoms with Gasteiger partial charge in [-0.2, -0.15) is 4.31 Å². The molecule has 1 aliphatic rings. The van der Waals surface area contributed by atoms with Gasteiger partial charge >= 0.3 is 5.97 Å². The van der Waals surface area contributed by atoms with Gasteiger partial charge in [0.15, 0.2) is 0 Å². The molecule has 1 fully saturated rings. The maximum Gasteiger partial charge on any atom is 0.322 e. The predicted octanol–water partition coefficient (Wildman–Crippen LogP) is 2.48. The third-order valence-electron chi connectivity index (χ3n) is 3.55. The average Bonchev–Trinajstić information content (AvgIpc) is 2.49. The maximum atomic E-state index is 12.7. The lowest BCUT2D eigenvalue weighted by molar-refractivity contribution is -0.142. The summed E-state index contributed by atoms with van der Waals surface area (Å²) in [5.41, 5.74) is 0. The SMILES string of the molecule is CCOc1ccc(S(=O)(=O)N2CCCCC2C(=O)O)cc1Br. The van der Waals surface area contributed by atoms with Gasteiger partial charge in [0.05, 0.1) is 16.0 Å². The van der Waals surface area contributed by atoms with Crippen molar-refractivity contribution in [3.05, 3.63) is 22.7 Å². The molecular weight excluding hydrogens is 374 g/mol. The first-order valence-corrected chi connectivity index (χ1v) is 9.28. The Morgan fingerprint density at radius 1 is 1.45 bits per heavy atom. The first kappa shape index (κ1) is 17.2. The monoisotopic (exact) mass is 391 g/mol. The van der Waals surface area contributed by atoms with Crippen LogP contribution in [0.1, 0.15) is 26.2 Å². The van der Waals surface area contributed by atoms with Crippen LogP contribution in [-0.2, 0) is 14.8 Å². The summed E-state index contributed by atoms with van der Waals surface area (Å²) in [6, 6.07) is 3.47. The Morgan fingerprint density at radius 3 is 2.77 bits per heavy atom. The van der Waals surface area contributed by atoms with Crippen LogP contribution in [0, 0.1) is 0 Å². The Balaban J connectivity index is 2.36. The molecule has 1 aromatic rings. The number of hydrogen-bond donors (Lipinski definition) is 1. The standard InChI is InChI=1S/C14H18BrNO5S/c1-2-21-13-7-6-10(9-11(13)15)22(19,20)16-8-4-3-5-12(16)14(17)18/h6-7,9,12H,2-5,8H2,1H3,(H,17,18).